The zero-order chi connectivity index (χ0) is 10.6. The largest absolute Gasteiger partial charge is 0.360 e. The third-order valence-corrected chi connectivity index (χ3v) is 3.41. The Labute approximate surface area is 87.3 Å². The highest BCUT2D eigenvalue weighted by Gasteiger charge is 2.36. The van der Waals surface area contributed by atoms with E-state index in [0.29, 0.717) is 6.61 Å². The second-order valence-electron chi connectivity index (χ2n) is 4.62. The van der Waals surface area contributed by atoms with E-state index in [0.717, 1.165) is 37.5 Å². The first kappa shape index (κ1) is 11.5. The Kier molecular flexibility index (Phi) is 3.95. The predicted molar refractivity (Wildman–Crippen MR) is 56.8 cm³/mol. The van der Waals surface area contributed by atoms with Gasteiger partial charge in [-0.15, -0.1) is 0 Å². The van der Waals surface area contributed by atoms with Crippen molar-refractivity contribution in [1.82, 2.24) is 0 Å². The first-order valence-corrected chi connectivity index (χ1v) is 5.69. The SMILES string of the molecule is CCOC1(C#N)CCC(C(C)C)CC1. The second-order valence-corrected chi connectivity index (χ2v) is 4.62. The van der Waals surface area contributed by atoms with Gasteiger partial charge in [0, 0.05) is 6.61 Å². The molecule has 0 spiro atoms. The van der Waals surface area contributed by atoms with Crippen LogP contribution in [0.3, 0.4) is 0 Å². The molecule has 1 rings (SSSR count). The van der Waals surface area contributed by atoms with E-state index in [1.165, 1.54) is 0 Å². The molecule has 0 atom stereocenters. The van der Waals surface area contributed by atoms with Crippen LogP contribution < -0.4 is 0 Å². The van der Waals surface area contributed by atoms with Crippen molar-refractivity contribution in [1.29, 1.82) is 5.26 Å². The van der Waals surface area contributed by atoms with Crippen molar-refractivity contribution in [2.45, 2.75) is 52.1 Å². The van der Waals surface area contributed by atoms with Crippen molar-refractivity contribution >= 4 is 0 Å². The summed E-state index contributed by atoms with van der Waals surface area (Å²) in [4.78, 5) is 0. The third kappa shape index (κ3) is 2.48. The molecule has 0 heterocycles. The fourth-order valence-corrected chi connectivity index (χ4v) is 2.34. The van der Waals surface area contributed by atoms with Crippen LogP contribution in [0.25, 0.3) is 0 Å². The van der Waals surface area contributed by atoms with Gasteiger partial charge in [-0.05, 0) is 44.4 Å². The average Bonchev–Trinajstić information content (AvgIpc) is 2.19. The van der Waals surface area contributed by atoms with Gasteiger partial charge in [0.25, 0.3) is 0 Å². The normalized spacial score (nSPS) is 32.9. The van der Waals surface area contributed by atoms with Crippen LogP contribution in [0.4, 0.5) is 0 Å². The number of nitrogens with zero attached hydrogens (tertiary/aromatic N) is 1. The quantitative estimate of drug-likeness (QED) is 0.693. The Balaban J connectivity index is 2.51. The van der Waals surface area contributed by atoms with E-state index in [2.05, 4.69) is 19.9 Å². The monoisotopic (exact) mass is 195 g/mol. The van der Waals surface area contributed by atoms with Gasteiger partial charge in [-0.2, -0.15) is 5.26 Å². The highest BCUT2D eigenvalue weighted by Crippen LogP contribution is 2.37. The van der Waals surface area contributed by atoms with Crippen LogP contribution in [-0.2, 0) is 4.74 Å². The van der Waals surface area contributed by atoms with Gasteiger partial charge in [-0.25, -0.2) is 0 Å². The topological polar surface area (TPSA) is 33.0 Å². The summed E-state index contributed by atoms with van der Waals surface area (Å²) >= 11 is 0. The van der Waals surface area contributed by atoms with Gasteiger partial charge in [-0.1, -0.05) is 13.8 Å². The van der Waals surface area contributed by atoms with E-state index < -0.39 is 5.60 Å². The van der Waals surface area contributed by atoms with Crippen LogP contribution in [0.1, 0.15) is 46.5 Å². The molecule has 0 saturated heterocycles. The number of nitriles is 1. The van der Waals surface area contributed by atoms with E-state index in [-0.39, 0.29) is 0 Å². The minimum Gasteiger partial charge on any atom is -0.360 e. The maximum atomic E-state index is 9.12. The number of ether oxygens (including phenoxy) is 1. The highest BCUT2D eigenvalue weighted by molar-refractivity contribution is 5.04. The zero-order valence-electron chi connectivity index (χ0n) is 9.55. The Hall–Kier alpha value is -0.550. The Morgan fingerprint density at radius 1 is 1.43 bits per heavy atom. The molecule has 0 unspecified atom stereocenters. The van der Waals surface area contributed by atoms with Crippen molar-refractivity contribution in [2.24, 2.45) is 11.8 Å². The third-order valence-electron chi connectivity index (χ3n) is 3.41. The molecule has 14 heavy (non-hydrogen) atoms. The van der Waals surface area contributed by atoms with Crippen LogP contribution in [0.15, 0.2) is 0 Å². The Bertz CT molecular complexity index is 209. The van der Waals surface area contributed by atoms with Gasteiger partial charge in [0.15, 0.2) is 5.60 Å². The lowest BCUT2D eigenvalue weighted by atomic mass is 9.75. The van der Waals surface area contributed by atoms with Crippen LogP contribution in [-0.4, -0.2) is 12.2 Å². The summed E-state index contributed by atoms with van der Waals surface area (Å²) in [6.07, 6.45) is 4.12. The summed E-state index contributed by atoms with van der Waals surface area (Å²) in [6.45, 7) is 7.16. The second kappa shape index (κ2) is 4.79. The van der Waals surface area contributed by atoms with Gasteiger partial charge in [0.1, 0.15) is 0 Å². The summed E-state index contributed by atoms with van der Waals surface area (Å²) < 4.78 is 5.59. The van der Waals surface area contributed by atoms with Crippen molar-refractivity contribution in [2.75, 3.05) is 6.61 Å². The molecule has 0 aromatic heterocycles. The molecule has 0 bridgehead atoms. The summed E-state index contributed by atoms with van der Waals surface area (Å²) in [6, 6.07) is 2.36. The van der Waals surface area contributed by atoms with E-state index >= 15 is 0 Å². The van der Waals surface area contributed by atoms with E-state index in [1.807, 2.05) is 6.92 Å². The predicted octanol–water partition coefficient (Wildman–Crippen LogP) is 3.13. The van der Waals surface area contributed by atoms with E-state index in [9.17, 15) is 0 Å². The molecular formula is C12H21NO. The minimum atomic E-state index is -0.458. The molecule has 1 saturated carbocycles. The maximum absolute atomic E-state index is 9.12. The Morgan fingerprint density at radius 2 is 2.00 bits per heavy atom. The first-order valence-electron chi connectivity index (χ1n) is 5.69. The van der Waals surface area contributed by atoms with Crippen LogP contribution in [0.2, 0.25) is 0 Å². The number of rotatable bonds is 3. The molecule has 1 fully saturated rings. The van der Waals surface area contributed by atoms with Gasteiger partial charge >= 0.3 is 0 Å². The molecule has 1 aliphatic carbocycles. The van der Waals surface area contributed by atoms with E-state index in [1.54, 1.807) is 0 Å². The lowest BCUT2D eigenvalue weighted by molar-refractivity contribution is -0.0343. The molecule has 0 aromatic carbocycles. The van der Waals surface area contributed by atoms with Gasteiger partial charge in [-0.3, -0.25) is 0 Å². The van der Waals surface area contributed by atoms with Gasteiger partial charge in [0.2, 0.25) is 0 Å². The molecule has 0 aliphatic heterocycles. The molecule has 0 aromatic rings. The van der Waals surface area contributed by atoms with Crippen LogP contribution in [0, 0.1) is 23.2 Å². The van der Waals surface area contributed by atoms with Gasteiger partial charge in [0.05, 0.1) is 6.07 Å². The molecule has 0 N–H and O–H groups in total. The number of hydrogen-bond donors (Lipinski definition) is 0. The summed E-state index contributed by atoms with van der Waals surface area (Å²) in [5.41, 5.74) is -0.458. The molecular weight excluding hydrogens is 174 g/mol. The molecule has 1 aliphatic rings. The first-order chi connectivity index (χ1) is 6.63. The van der Waals surface area contributed by atoms with Crippen molar-refractivity contribution in [3.05, 3.63) is 0 Å². The Morgan fingerprint density at radius 3 is 2.36 bits per heavy atom. The fourth-order valence-electron chi connectivity index (χ4n) is 2.34. The van der Waals surface area contributed by atoms with Crippen LogP contribution >= 0.6 is 0 Å². The number of hydrogen-bond acceptors (Lipinski definition) is 2. The van der Waals surface area contributed by atoms with Gasteiger partial charge < -0.3 is 4.74 Å². The minimum absolute atomic E-state index is 0.458. The van der Waals surface area contributed by atoms with Crippen molar-refractivity contribution in [3.63, 3.8) is 0 Å². The lowest BCUT2D eigenvalue weighted by Gasteiger charge is -2.36. The summed E-state index contributed by atoms with van der Waals surface area (Å²) in [5.74, 6) is 1.53. The highest BCUT2D eigenvalue weighted by atomic mass is 16.5. The molecule has 2 heteroatoms. The van der Waals surface area contributed by atoms with E-state index in [4.69, 9.17) is 10.00 Å². The van der Waals surface area contributed by atoms with Crippen LogP contribution in [0.5, 0.6) is 0 Å². The molecule has 0 radical (unpaired) electrons. The molecule has 0 amide bonds. The van der Waals surface area contributed by atoms with Crippen molar-refractivity contribution in [3.8, 4) is 6.07 Å². The average molecular weight is 195 g/mol. The van der Waals surface area contributed by atoms with Crippen molar-refractivity contribution < 1.29 is 4.74 Å². The molecule has 2 nitrogen and oxygen atoms in total. The zero-order valence-corrected chi connectivity index (χ0v) is 9.55. The fraction of sp³-hybridized carbons (Fsp3) is 0.917. The molecule has 80 valence electrons. The maximum Gasteiger partial charge on any atom is 0.154 e. The summed E-state index contributed by atoms with van der Waals surface area (Å²) in [7, 11) is 0. The smallest absolute Gasteiger partial charge is 0.154 e. The lowest BCUT2D eigenvalue weighted by Crippen LogP contribution is -2.36. The standard InChI is InChI=1S/C12H21NO/c1-4-14-12(9-13)7-5-11(6-8-12)10(2)3/h10-11H,4-8H2,1-3H3. The summed E-state index contributed by atoms with van der Waals surface area (Å²) in [5, 5.41) is 9.12.